The molecule has 114 valence electrons. The first-order valence-corrected chi connectivity index (χ1v) is 9.30. The molecular formula is C18H31NS. The molecule has 2 heteroatoms. The highest BCUT2D eigenvalue weighted by molar-refractivity contribution is 7.09. The Kier molecular flexibility index (Phi) is 6.10. The van der Waals surface area contributed by atoms with Crippen LogP contribution in [-0.4, -0.2) is 12.6 Å². The third kappa shape index (κ3) is 4.08. The lowest BCUT2D eigenvalue weighted by atomic mass is 9.71. The molecule has 0 aromatic carbocycles. The Morgan fingerprint density at radius 3 is 2.60 bits per heavy atom. The fourth-order valence-corrected chi connectivity index (χ4v) is 4.79. The molecule has 1 aromatic heterocycles. The summed E-state index contributed by atoms with van der Waals surface area (Å²) >= 11 is 1.92. The van der Waals surface area contributed by atoms with Crippen LogP contribution in [0.25, 0.3) is 0 Å². The molecule has 1 unspecified atom stereocenters. The Bertz CT molecular complexity index is 363. The highest BCUT2D eigenvalue weighted by atomic mass is 32.1. The van der Waals surface area contributed by atoms with Crippen LogP contribution in [0.1, 0.15) is 64.2 Å². The van der Waals surface area contributed by atoms with Gasteiger partial charge in [0, 0.05) is 10.9 Å². The molecule has 0 spiro atoms. The molecular weight excluding hydrogens is 262 g/mol. The number of thiophene rings is 1. The Balaban J connectivity index is 2.13. The molecule has 1 aliphatic carbocycles. The lowest BCUT2D eigenvalue weighted by molar-refractivity contribution is 0.154. The van der Waals surface area contributed by atoms with Crippen LogP contribution < -0.4 is 5.32 Å². The minimum atomic E-state index is 0.549. The molecule has 0 radical (unpaired) electrons. The van der Waals surface area contributed by atoms with E-state index < -0.39 is 0 Å². The normalized spacial score (nSPS) is 19.6. The van der Waals surface area contributed by atoms with E-state index in [1.165, 1.54) is 44.9 Å². The van der Waals surface area contributed by atoms with Gasteiger partial charge in [0.2, 0.25) is 0 Å². The Morgan fingerprint density at radius 1 is 1.30 bits per heavy atom. The van der Waals surface area contributed by atoms with E-state index in [1.54, 1.807) is 4.88 Å². The Labute approximate surface area is 129 Å². The van der Waals surface area contributed by atoms with E-state index in [0.717, 1.165) is 12.5 Å². The SMILES string of the molecule is CCCNC(Cc1cccs1)C1(CC(C)C)CCCC1. The number of hydrogen-bond acceptors (Lipinski definition) is 2. The first-order chi connectivity index (χ1) is 9.66. The summed E-state index contributed by atoms with van der Waals surface area (Å²) in [5, 5.41) is 6.12. The molecule has 1 atom stereocenters. The standard InChI is InChI=1S/C18H31NS/c1-4-11-19-17(13-16-8-7-12-20-16)18(14-15(2)3)9-5-6-10-18/h7-8,12,15,17,19H,4-6,9-11,13-14H2,1-3H3. The summed E-state index contributed by atoms with van der Waals surface area (Å²) in [4.78, 5) is 1.55. The highest BCUT2D eigenvalue weighted by Crippen LogP contribution is 2.47. The molecule has 1 heterocycles. The molecule has 0 bridgehead atoms. The van der Waals surface area contributed by atoms with Gasteiger partial charge in [0.05, 0.1) is 0 Å². The quantitative estimate of drug-likeness (QED) is 0.689. The van der Waals surface area contributed by atoms with E-state index in [0.29, 0.717) is 11.5 Å². The third-order valence-electron chi connectivity index (χ3n) is 4.78. The summed E-state index contributed by atoms with van der Waals surface area (Å²) in [6, 6.07) is 5.18. The topological polar surface area (TPSA) is 12.0 Å². The maximum atomic E-state index is 3.90. The van der Waals surface area contributed by atoms with Gasteiger partial charge in [-0.15, -0.1) is 11.3 Å². The molecule has 20 heavy (non-hydrogen) atoms. The summed E-state index contributed by atoms with van der Waals surface area (Å²) in [5.74, 6) is 0.808. The van der Waals surface area contributed by atoms with E-state index in [4.69, 9.17) is 0 Å². The van der Waals surface area contributed by atoms with Crippen molar-refractivity contribution in [3.63, 3.8) is 0 Å². The van der Waals surface area contributed by atoms with Gasteiger partial charge < -0.3 is 5.32 Å². The van der Waals surface area contributed by atoms with Crippen molar-refractivity contribution in [2.45, 2.75) is 71.8 Å². The van der Waals surface area contributed by atoms with E-state index in [2.05, 4.69) is 43.6 Å². The van der Waals surface area contributed by atoms with Crippen molar-refractivity contribution < 1.29 is 0 Å². The zero-order valence-corrected chi connectivity index (χ0v) is 14.3. The number of rotatable bonds is 8. The summed E-state index contributed by atoms with van der Waals surface area (Å²) in [6.45, 7) is 8.22. The van der Waals surface area contributed by atoms with E-state index >= 15 is 0 Å². The minimum Gasteiger partial charge on any atom is -0.313 e. The number of nitrogens with one attached hydrogen (secondary N) is 1. The van der Waals surface area contributed by atoms with E-state index in [9.17, 15) is 0 Å². The highest BCUT2D eigenvalue weighted by Gasteiger charge is 2.41. The molecule has 1 aliphatic rings. The predicted octanol–water partition coefficient (Wildman–Crippen LogP) is 5.27. The van der Waals surface area contributed by atoms with Crippen LogP contribution >= 0.6 is 11.3 Å². The van der Waals surface area contributed by atoms with Crippen LogP contribution in [0, 0.1) is 11.3 Å². The lowest BCUT2D eigenvalue weighted by Gasteiger charge is -2.40. The van der Waals surface area contributed by atoms with Gasteiger partial charge in [-0.1, -0.05) is 39.7 Å². The second-order valence-electron chi connectivity index (χ2n) is 6.96. The van der Waals surface area contributed by atoms with Gasteiger partial charge in [0.1, 0.15) is 0 Å². The Morgan fingerprint density at radius 2 is 2.05 bits per heavy atom. The van der Waals surface area contributed by atoms with Crippen LogP contribution in [0.5, 0.6) is 0 Å². The van der Waals surface area contributed by atoms with E-state index in [1.807, 2.05) is 11.3 Å². The van der Waals surface area contributed by atoms with Crippen molar-refractivity contribution in [2.24, 2.45) is 11.3 Å². The molecule has 1 aromatic rings. The lowest BCUT2D eigenvalue weighted by Crippen LogP contribution is -2.46. The Hall–Kier alpha value is -0.340. The monoisotopic (exact) mass is 293 g/mol. The van der Waals surface area contributed by atoms with Gasteiger partial charge in [-0.3, -0.25) is 0 Å². The van der Waals surface area contributed by atoms with Crippen molar-refractivity contribution in [1.82, 2.24) is 5.32 Å². The van der Waals surface area contributed by atoms with Gasteiger partial charge >= 0.3 is 0 Å². The van der Waals surface area contributed by atoms with Crippen LogP contribution in [0.3, 0.4) is 0 Å². The predicted molar refractivity (Wildman–Crippen MR) is 90.5 cm³/mol. The van der Waals surface area contributed by atoms with Crippen molar-refractivity contribution >= 4 is 11.3 Å². The van der Waals surface area contributed by atoms with Gasteiger partial charge in [-0.2, -0.15) is 0 Å². The first kappa shape index (κ1) is 16.0. The van der Waals surface area contributed by atoms with Gasteiger partial charge in [0.15, 0.2) is 0 Å². The third-order valence-corrected chi connectivity index (χ3v) is 5.68. The first-order valence-electron chi connectivity index (χ1n) is 8.42. The van der Waals surface area contributed by atoms with Crippen molar-refractivity contribution in [3.8, 4) is 0 Å². The molecule has 1 saturated carbocycles. The fraction of sp³-hybridized carbons (Fsp3) is 0.778. The van der Waals surface area contributed by atoms with Gasteiger partial charge in [-0.25, -0.2) is 0 Å². The van der Waals surface area contributed by atoms with Crippen LogP contribution in [0.4, 0.5) is 0 Å². The zero-order valence-electron chi connectivity index (χ0n) is 13.5. The van der Waals surface area contributed by atoms with Crippen LogP contribution in [0.15, 0.2) is 17.5 Å². The molecule has 1 nitrogen and oxygen atoms in total. The van der Waals surface area contributed by atoms with Crippen LogP contribution in [0.2, 0.25) is 0 Å². The van der Waals surface area contributed by atoms with E-state index in [-0.39, 0.29) is 0 Å². The summed E-state index contributed by atoms with van der Waals surface area (Å²) in [7, 11) is 0. The summed E-state index contributed by atoms with van der Waals surface area (Å²) in [5.41, 5.74) is 0.549. The van der Waals surface area contributed by atoms with Gasteiger partial charge in [0.25, 0.3) is 0 Å². The van der Waals surface area contributed by atoms with Crippen molar-refractivity contribution in [3.05, 3.63) is 22.4 Å². The minimum absolute atomic E-state index is 0.549. The zero-order chi connectivity index (χ0) is 14.4. The number of hydrogen-bond donors (Lipinski definition) is 1. The smallest absolute Gasteiger partial charge is 0.0172 e. The van der Waals surface area contributed by atoms with Gasteiger partial charge in [-0.05, 0) is 61.4 Å². The molecule has 2 rings (SSSR count). The second kappa shape index (κ2) is 7.61. The summed E-state index contributed by atoms with van der Waals surface area (Å²) < 4.78 is 0. The molecule has 0 amide bonds. The van der Waals surface area contributed by atoms with Crippen molar-refractivity contribution in [2.75, 3.05) is 6.54 Å². The second-order valence-corrected chi connectivity index (χ2v) is 7.99. The average Bonchev–Trinajstić information content (AvgIpc) is 3.05. The molecule has 1 N–H and O–H groups in total. The largest absolute Gasteiger partial charge is 0.313 e. The fourth-order valence-electron chi connectivity index (χ4n) is 4.04. The average molecular weight is 294 g/mol. The maximum Gasteiger partial charge on any atom is 0.0172 e. The molecule has 0 saturated heterocycles. The molecule has 1 fully saturated rings. The van der Waals surface area contributed by atoms with Crippen molar-refractivity contribution in [1.29, 1.82) is 0 Å². The summed E-state index contributed by atoms with van der Waals surface area (Å²) in [6.07, 6.45) is 9.57. The maximum absolute atomic E-state index is 3.90. The molecule has 0 aliphatic heterocycles. The van der Waals surface area contributed by atoms with Crippen LogP contribution in [-0.2, 0) is 6.42 Å².